The van der Waals surface area contributed by atoms with Crippen LogP contribution in [-0.4, -0.2) is 21.6 Å². The number of rotatable bonds is 4. The first-order valence-corrected chi connectivity index (χ1v) is 5.99. The second-order valence-electron chi connectivity index (χ2n) is 4.31. The molecular formula is C13H15N5O2. The predicted molar refractivity (Wildman–Crippen MR) is 74.9 cm³/mol. The highest BCUT2D eigenvalue weighted by Crippen LogP contribution is 2.15. The Balaban J connectivity index is 2.15. The molecule has 5 N–H and O–H groups in total. The van der Waals surface area contributed by atoms with Crippen molar-refractivity contribution in [1.82, 2.24) is 9.78 Å². The lowest BCUT2D eigenvalue weighted by Gasteiger charge is -2.12. The van der Waals surface area contributed by atoms with Gasteiger partial charge in [0.05, 0.1) is 5.69 Å². The van der Waals surface area contributed by atoms with Gasteiger partial charge in [-0.15, -0.1) is 0 Å². The van der Waals surface area contributed by atoms with Gasteiger partial charge in [-0.2, -0.15) is 5.10 Å². The highest BCUT2D eigenvalue weighted by atomic mass is 16.2. The zero-order valence-corrected chi connectivity index (χ0v) is 10.9. The number of nitrogens with zero attached hydrogens (tertiary/aromatic N) is 2. The molecule has 2 amide bonds. The number of anilines is 2. The van der Waals surface area contributed by atoms with Gasteiger partial charge in [-0.3, -0.25) is 14.3 Å². The molecule has 0 bridgehead atoms. The molecular weight excluding hydrogens is 258 g/mol. The molecule has 7 nitrogen and oxygen atoms in total. The fourth-order valence-corrected chi connectivity index (χ4v) is 1.68. The lowest BCUT2D eigenvalue weighted by atomic mass is 10.3. The number of hydrogen-bond donors (Lipinski definition) is 3. The third kappa shape index (κ3) is 2.77. The molecule has 0 aliphatic heterocycles. The maximum atomic E-state index is 12.1. The highest BCUT2D eigenvalue weighted by Gasteiger charge is 2.19. The van der Waals surface area contributed by atoms with Crippen LogP contribution in [-0.2, 0) is 4.79 Å². The first-order chi connectivity index (χ1) is 9.49. The number of para-hydroxylation sites is 1. The van der Waals surface area contributed by atoms with Gasteiger partial charge in [-0.25, -0.2) is 0 Å². The summed E-state index contributed by atoms with van der Waals surface area (Å²) in [7, 11) is 0. The number of nitrogen functional groups attached to an aromatic ring is 1. The van der Waals surface area contributed by atoms with Crippen LogP contribution in [0.25, 0.3) is 0 Å². The quantitative estimate of drug-likeness (QED) is 0.762. The van der Waals surface area contributed by atoms with E-state index in [1.807, 2.05) is 18.2 Å². The van der Waals surface area contributed by atoms with E-state index in [9.17, 15) is 9.59 Å². The second kappa shape index (κ2) is 5.43. The van der Waals surface area contributed by atoms with Crippen molar-refractivity contribution in [1.29, 1.82) is 0 Å². The molecule has 104 valence electrons. The normalized spacial score (nSPS) is 11.8. The van der Waals surface area contributed by atoms with Crippen LogP contribution in [0.4, 0.5) is 11.4 Å². The maximum Gasteiger partial charge on any atom is 0.271 e. The van der Waals surface area contributed by atoms with Crippen molar-refractivity contribution in [3.8, 4) is 0 Å². The van der Waals surface area contributed by atoms with Gasteiger partial charge in [0.15, 0.2) is 5.69 Å². The van der Waals surface area contributed by atoms with Crippen LogP contribution in [0.1, 0.15) is 23.5 Å². The number of nitrogens with one attached hydrogen (secondary N) is 1. The number of amides is 2. The van der Waals surface area contributed by atoms with Crippen LogP contribution < -0.4 is 16.8 Å². The number of primary amides is 1. The standard InChI is InChI=1S/C13H15N5O2/c1-8(13(20)16-9-5-3-2-4-6-9)18-7-10(14)11(17-18)12(15)19/h2-8H,14H2,1H3,(H2,15,19)(H,16,20). The van der Waals surface area contributed by atoms with Gasteiger partial charge in [0.25, 0.3) is 5.91 Å². The third-order valence-corrected chi connectivity index (χ3v) is 2.81. The molecule has 2 rings (SSSR count). The number of hydrogen-bond acceptors (Lipinski definition) is 4. The number of nitrogens with two attached hydrogens (primary N) is 2. The second-order valence-corrected chi connectivity index (χ2v) is 4.31. The summed E-state index contributed by atoms with van der Waals surface area (Å²) in [6.45, 7) is 1.65. The van der Waals surface area contributed by atoms with E-state index in [4.69, 9.17) is 11.5 Å². The van der Waals surface area contributed by atoms with E-state index in [2.05, 4.69) is 10.4 Å². The lowest BCUT2D eigenvalue weighted by Crippen LogP contribution is -2.24. The van der Waals surface area contributed by atoms with Crippen molar-refractivity contribution in [2.75, 3.05) is 11.1 Å². The molecule has 1 unspecified atom stereocenters. The largest absolute Gasteiger partial charge is 0.396 e. The number of benzene rings is 1. The monoisotopic (exact) mass is 273 g/mol. The van der Waals surface area contributed by atoms with Crippen molar-refractivity contribution in [2.24, 2.45) is 5.73 Å². The Kier molecular flexibility index (Phi) is 3.69. The minimum Gasteiger partial charge on any atom is -0.396 e. The summed E-state index contributed by atoms with van der Waals surface area (Å²) in [6, 6.07) is 8.42. The molecule has 1 aromatic heterocycles. The topological polar surface area (TPSA) is 116 Å². The van der Waals surface area contributed by atoms with Crippen LogP contribution in [0.5, 0.6) is 0 Å². The van der Waals surface area contributed by atoms with Crippen LogP contribution in [0, 0.1) is 0 Å². The van der Waals surface area contributed by atoms with Crippen LogP contribution >= 0.6 is 0 Å². The molecule has 7 heteroatoms. The maximum absolute atomic E-state index is 12.1. The van der Waals surface area contributed by atoms with Crippen LogP contribution in [0.2, 0.25) is 0 Å². The van der Waals surface area contributed by atoms with Gasteiger partial charge in [-0.1, -0.05) is 18.2 Å². The molecule has 1 aromatic carbocycles. The Hall–Kier alpha value is -2.83. The summed E-state index contributed by atoms with van der Waals surface area (Å²) in [4.78, 5) is 23.2. The Morgan fingerprint density at radius 1 is 1.30 bits per heavy atom. The first kappa shape index (κ1) is 13.6. The van der Waals surface area contributed by atoms with E-state index in [1.165, 1.54) is 10.9 Å². The van der Waals surface area contributed by atoms with Crippen LogP contribution in [0.15, 0.2) is 36.5 Å². The van der Waals surface area contributed by atoms with Crippen molar-refractivity contribution in [2.45, 2.75) is 13.0 Å². The van der Waals surface area contributed by atoms with E-state index in [0.29, 0.717) is 5.69 Å². The average molecular weight is 273 g/mol. The van der Waals surface area contributed by atoms with E-state index in [-0.39, 0.29) is 17.3 Å². The fraction of sp³-hybridized carbons (Fsp3) is 0.154. The first-order valence-electron chi connectivity index (χ1n) is 5.99. The summed E-state index contributed by atoms with van der Waals surface area (Å²) in [5.41, 5.74) is 11.5. The fourth-order valence-electron chi connectivity index (χ4n) is 1.68. The van der Waals surface area contributed by atoms with Gasteiger partial charge >= 0.3 is 0 Å². The summed E-state index contributed by atoms with van der Waals surface area (Å²) in [5.74, 6) is -0.994. The molecule has 20 heavy (non-hydrogen) atoms. The van der Waals surface area contributed by atoms with Crippen LogP contribution in [0.3, 0.4) is 0 Å². The summed E-state index contributed by atoms with van der Waals surface area (Å²) in [6.07, 6.45) is 1.41. The Morgan fingerprint density at radius 2 is 1.95 bits per heavy atom. The third-order valence-electron chi connectivity index (χ3n) is 2.81. The molecule has 0 aliphatic rings. The molecule has 1 heterocycles. The summed E-state index contributed by atoms with van der Waals surface area (Å²) < 4.78 is 1.31. The lowest BCUT2D eigenvalue weighted by molar-refractivity contribution is -0.119. The SMILES string of the molecule is CC(C(=O)Nc1ccccc1)n1cc(N)c(C(N)=O)n1. The molecule has 0 saturated carbocycles. The zero-order valence-electron chi connectivity index (χ0n) is 10.9. The van der Waals surface area contributed by atoms with Gasteiger partial charge in [0.2, 0.25) is 5.91 Å². The Labute approximate surface area is 115 Å². The molecule has 2 aromatic rings. The smallest absolute Gasteiger partial charge is 0.271 e. The summed E-state index contributed by atoms with van der Waals surface area (Å²) >= 11 is 0. The molecule has 0 saturated heterocycles. The molecule has 0 spiro atoms. The van der Waals surface area contributed by atoms with Crippen molar-refractivity contribution in [3.63, 3.8) is 0 Å². The Morgan fingerprint density at radius 3 is 2.50 bits per heavy atom. The number of aromatic nitrogens is 2. The van der Waals surface area contributed by atoms with Crippen molar-refractivity contribution in [3.05, 3.63) is 42.2 Å². The minimum atomic E-state index is -0.725. The molecule has 1 atom stereocenters. The zero-order chi connectivity index (χ0) is 14.7. The van der Waals surface area contributed by atoms with E-state index in [0.717, 1.165) is 0 Å². The van der Waals surface area contributed by atoms with Gasteiger partial charge in [-0.05, 0) is 19.1 Å². The summed E-state index contributed by atoms with van der Waals surface area (Å²) in [5, 5.41) is 6.67. The van der Waals surface area contributed by atoms with Crippen molar-refractivity contribution >= 4 is 23.2 Å². The molecule has 0 fully saturated rings. The molecule has 0 radical (unpaired) electrons. The highest BCUT2D eigenvalue weighted by molar-refractivity contribution is 5.96. The van der Waals surface area contributed by atoms with Gasteiger partial charge < -0.3 is 16.8 Å². The molecule has 0 aliphatic carbocycles. The minimum absolute atomic E-state index is 0.0376. The van der Waals surface area contributed by atoms with Gasteiger partial charge in [0.1, 0.15) is 6.04 Å². The van der Waals surface area contributed by atoms with E-state index < -0.39 is 11.9 Å². The average Bonchev–Trinajstić information content (AvgIpc) is 2.81. The Bertz CT molecular complexity index is 635. The van der Waals surface area contributed by atoms with Gasteiger partial charge in [0, 0.05) is 11.9 Å². The van der Waals surface area contributed by atoms with E-state index in [1.54, 1.807) is 19.1 Å². The number of carbonyl (C=O) groups excluding carboxylic acids is 2. The van der Waals surface area contributed by atoms with E-state index >= 15 is 0 Å². The number of carbonyl (C=O) groups is 2. The predicted octanol–water partition coefficient (Wildman–Crippen LogP) is 0.764. The van der Waals surface area contributed by atoms with Crippen molar-refractivity contribution < 1.29 is 9.59 Å².